The molecule has 0 aliphatic carbocycles. The number of nitrogens with two attached hydrogens (primary N) is 1. The van der Waals surface area contributed by atoms with Gasteiger partial charge in [0.2, 0.25) is 5.89 Å². The second kappa shape index (κ2) is 4.41. The molecule has 4 nitrogen and oxygen atoms in total. The lowest BCUT2D eigenvalue weighted by Crippen LogP contribution is -2.03. The molecule has 0 atom stereocenters. The molecular formula is C14H9F3N2O2. The van der Waals surface area contributed by atoms with E-state index in [0.29, 0.717) is 0 Å². The SMILES string of the molecule is Nc1cccc(-c2nc3cc(C(F)(F)F)ccc3o2)c1O. The van der Waals surface area contributed by atoms with Gasteiger partial charge in [0.25, 0.3) is 0 Å². The van der Waals surface area contributed by atoms with Crippen LogP contribution in [0.5, 0.6) is 5.75 Å². The van der Waals surface area contributed by atoms with Crippen molar-refractivity contribution in [2.24, 2.45) is 0 Å². The van der Waals surface area contributed by atoms with Crippen molar-refractivity contribution >= 4 is 16.8 Å². The first-order valence-electron chi connectivity index (χ1n) is 5.92. The molecule has 1 aromatic heterocycles. The summed E-state index contributed by atoms with van der Waals surface area (Å²) in [5, 5.41) is 9.85. The highest BCUT2D eigenvalue weighted by atomic mass is 19.4. The largest absolute Gasteiger partial charge is 0.505 e. The monoisotopic (exact) mass is 294 g/mol. The predicted octanol–water partition coefficient (Wildman–Crippen LogP) is 3.80. The first-order valence-corrected chi connectivity index (χ1v) is 5.92. The van der Waals surface area contributed by atoms with Gasteiger partial charge in [0.05, 0.1) is 16.8 Å². The van der Waals surface area contributed by atoms with Crippen molar-refractivity contribution in [3.63, 3.8) is 0 Å². The summed E-state index contributed by atoms with van der Waals surface area (Å²) in [6, 6.07) is 7.59. The van der Waals surface area contributed by atoms with E-state index in [1.165, 1.54) is 18.2 Å². The molecule has 108 valence electrons. The summed E-state index contributed by atoms with van der Waals surface area (Å²) >= 11 is 0. The molecular weight excluding hydrogens is 285 g/mol. The number of para-hydroxylation sites is 1. The van der Waals surface area contributed by atoms with E-state index in [9.17, 15) is 18.3 Å². The van der Waals surface area contributed by atoms with Crippen LogP contribution in [0.3, 0.4) is 0 Å². The summed E-state index contributed by atoms with van der Waals surface area (Å²) in [6.07, 6.45) is -4.45. The maximum Gasteiger partial charge on any atom is 0.416 e. The maximum absolute atomic E-state index is 12.6. The zero-order chi connectivity index (χ0) is 15.2. The van der Waals surface area contributed by atoms with Crippen molar-refractivity contribution in [1.82, 2.24) is 4.98 Å². The number of aromatic hydroxyl groups is 1. The molecule has 0 radical (unpaired) electrons. The van der Waals surface area contributed by atoms with Gasteiger partial charge >= 0.3 is 6.18 Å². The van der Waals surface area contributed by atoms with Crippen LogP contribution in [0.25, 0.3) is 22.6 Å². The summed E-state index contributed by atoms with van der Waals surface area (Å²) in [4.78, 5) is 3.98. The zero-order valence-electron chi connectivity index (χ0n) is 10.5. The molecule has 0 unspecified atom stereocenters. The third-order valence-electron chi connectivity index (χ3n) is 3.01. The minimum Gasteiger partial charge on any atom is -0.505 e. The van der Waals surface area contributed by atoms with Crippen LogP contribution in [0.15, 0.2) is 40.8 Å². The molecule has 0 amide bonds. The number of hydrogen-bond acceptors (Lipinski definition) is 4. The number of hydrogen-bond donors (Lipinski definition) is 2. The number of alkyl halides is 3. The summed E-state index contributed by atoms with van der Waals surface area (Å²) in [5.41, 5.74) is 5.36. The highest BCUT2D eigenvalue weighted by molar-refractivity contribution is 5.80. The molecule has 0 aliphatic rings. The molecule has 21 heavy (non-hydrogen) atoms. The number of anilines is 1. The van der Waals surface area contributed by atoms with Crippen LogP contribution < -0.4 is 5.73 Å². The fourth-order valence-electron chi connectivity index (χ4n) is 1.95. The Kier molecular flexibility index (Phi) is 2.79. The average molecular weight is 294 g/mol. The minimum absolute atomic E-state index is 0.00845. The van der Waals surface area contributed by atoms with Crippen LogP contribution in [0.2, 0.25) is 0 Å². The standard InChI is InChI=1S/C14H9F3N2O2/c15-14(16,17)7-4-5-11-10(6-7)19-13(21-11)8-2-1-3-9(18)12(8)20/h1-6,20H,18H2. The molecule has 0 spiro atoms. The van der Waals surface area contributed by atoms with Crippen molar-refractivity contribution in [3.05, 3.63) is 42.0 Å². The molecule has 1 heterocycles. The second-order valence-corrected chi connectivity index (χ2v) is 4.44. The number of halogens is 3. The minimum atomic E-state index is -4.45. The van der Waals surface area contributed by atoms with Crippen molar-refractivity contribution < 1.29 is 22.7 Å². The van der Waals surface area contributed by atoms with E-state index in [1.54, 1.807) is 6.07 Å². The van der Waals surface area contributed by atoms with Crippen molar-refractivity contribution in [2.45, 2.75) is 6.18 Å². The molecule has 3 aromatic rings. The number of oxazole rings is 1. The Morgan fingerprint density at radius 3 is 2.62 bits per heavy atom. The van der Waals surface area contributed by atoms with E-state index in [1.807, 2.05) is 0 Å². The fourth-order valence-corrected chi connectivity index (χ4v) is 1.95. The molecule has 0 fully saturated rings. The van der Waals surface area contributed by atoms with Gasteiger partial charge in [0, 0.05) is 0 Å². The van der Waals surface area contributed by atoms with Crippen LogP contribution in [0.4, 0.5) is 18.9 Å². The van der Waals surface area contributed by atoms with Gasteiger partial charge in [0.15, 0.2) is 11.3 Å². The first kappa shape index (κ1) is 13.3. The quantitative estimate of drug-likeness (QED) is 0.529. The lowest BCUT2D eigenvalue weighted by atomic mass is 10.2. The summed E-state index contributed by atoms with van der Waals surface area (Å²) in [7, 11) is 0. The number of aromatic nitrogens is 1. The smallest absolute Gasteiger partial charge is 0.416 e. The van der Waals surface area contributed by atoms with Gasteiger partial charge in [-0.3, -0.25) is 0 Å². The molecule has 3 N–H and O–H groups in total. The van der Waals surface area contributed by atoms with Gasteiger partial charge in [-0.15, -0.1) is 0 Å². The van der Waals surface area contributed by atoms with Crippen LogP contribution in [-0.2, 0) is 6.18 Å². The number of nitrogens with zero attached hydrogens (tertiary/aromatic N) is 1. The first-order chi connectivity index (χ1) is 9.86. The topological polar surface area (TPSA) is 72.3 Å². The van der Waals surface area contributed by atoms with Gasteiger partial charge in [-0.2, -0.15) is 13.2 Å². The summed E-state index contributed by atoms with van der Waals surface area (Å²) in [5.74, 6) is -0.214. The van der Waals surface area contributed by atoms with E-state index in [0.717, 1.165) is 12.1 Å². The maximum atomic E-state index is 12.6. The molecule has 0 bridgehead atoms. The van der Waals surface area contributed by atoms with E-state index < -0.39 is 11.7 Å². The Balaban J connectivity index is 2.15. The van der Waals surface area contributed by atoms with E-state index >= 15 is 0 Å². The second-order valence-electron chi connectivity index (χ2n) is 4.44. The van der Waals surface area contributed by atoms with Gasteiger partial charge in [-0.25, -0.2) is 4.98 Å². The van der Waals surface area contributed by atoms with Gasteiger partial charge in [-0.05, 0) is 30.3 Å². The van der Waals surface area contributed by atoms with Gasteiger partial charge in [0.1, 0.15) is 5.52 Å². The highest BCUT2D eigenvalue weighted by Crippen LogP contribution is 2.36. The Bertz CT molecular complexity index is 825. The van der Waals surface area contributed by atoms with Crippen LogP contribution in [-0.4, -0.2) is 10.1 Å². The van der Waals surface area contributed by atoms with Crippen LogP contribution >= 0.6 is 0 Å². The van der Waals surface area contributed by atoms with Crippen molar-refractivity contribution in [3.8, 4) is 17.2 Å². The molecule has 3 rings (SSSR count). The highest BCUT2D eigenvalue weighted by Gasteiger charge is 2.31. The normalized spacial score (nSPS) is 12.0. The predicted molar refractivity (Wildman–Crippen MR) is 70.5 cm³/mol. The Hall–Kier alpha value is -2.70. The van der Waals surface area contributed by atoms with E-state index in [2.05, 4.69) is 4.98 Å². The van der Waals surface area contributed by atoms with E-state index in [4.69, 9.17) is 10.2 Å². The molecule has 0 aliphatic heterocycles. The molecule has 7 heteroatoms. The average Bonchev–Trinajstić information content (AvgIpc) is 2.83. The van der Waals surface area contributed by atoms with Gasteiger partial charge in [-0.1, -0.05) is 6.07 Å². The number of phenols is 1. The molecule has 2 aromatic carbocycles. The Morgan fingerprint density at radius 2 is 1.90 bits per heavy atom. The summed E-state index contributed by atoms with van der Waals surface area (Å²) in [6.45, 7) is 0. The fraction of sp³-hybridized carbons (Fsp3) is 0.0714. The summed E-state index contributed by atoms with van der Waals surface area (Å²) < 4.78 is 43.3. The number of nitrogen functional groups attached to an aromatic ring is 1. The third kappa shape index (κ3) is 2.26. The van der Waals surface area contributed by atoms with E-state index in [-0.39, 0.29) is 34.0 Å². The lowest BCUT2D eigenvalue weighted by molar-refractivity contribution is -0.137. The lowest BCUT2D eigenvalue weighted by Gasteiger charge is -2.04. The van der Waals surface area contributed by atoms with Crippen molar-refractivity contribution in [2.75, 3.05) is 5.73 Å². The number of phenolic OH excluding ortho intramolecular Hbond substituents is 1. The molecule has 0 saturated heterocycles. The zero-order valence-corrected chi connectivity index (χ0v) is 10.5. The Morgan fingerprint density at radius 1 is 1.14 bits per heavy atom. The molecule has 0 saturated carbocycles. The van der Waals surface area contributed by atoms with Crippen molar-refractivity contribution in [1.29, 1.82) is 0 Å². The third-order valence-corrected chi connectivity index (χ3v) is 3.01. The van der Waals surface area contributed by atoms with Gasteiger partial charge < -0.3 is 15.3 Å². The number of benzene rings is 2. The Labute approximate surface area is 116 Å². The number of rotatable bonds is 1. The number of fused-ring (bicyclic) bond motifs is 1. The van der Waals surface area contributed by atoms with Crippen LogP contribution in [0, 0.1) is 0 Å². The van der Waals surface area contributed by atoms with Crippen LogP contribution in [0.1, 0.15) is 5.56 Å².